The van der Waals surface area contributed by atoms with E-state index in [4.69, 9.17) is 10.00 Å². The summed E-state index contributed by atoms with van der Waals surface area (Å²) in [6, 6.07) is 5.95. The first-order chi connectivity index (χ1) is 7.88. The molecular formula is C11H11NO4S. The van der Waals surface area contributed by atoms with Crippen LogP contribution in [0.3, 0.4) is 0 Å². The highest BCUT2D eigenvalue weighted by molar-refractivity contribution is 7.95. The second-order valence-electron chi connectivity index (χ2n) is 3.32. The average molecular weight is 253 g/mol. The molecule has 0 heterocycles. The van der Waals surface area contributed by atoms with E-state index in [1.165, 1.54) is 25.3 Å². The van der Waals surface area contributed by atoms with Gasteiger partial charge in [-0.15, -0.1) is 0 Å². The van der Waals surface area contributed by atoms with E-state index < -0.39 is 9.84 Å². The zero-order chi connectivity index (χ0) is 13.1. The molecule has 0 saturated carbocycles. The summed E-state index contributed by atoms with van der Waals surface area (Å²) in [5.74, 6) is 0.159. The molecule has 0 aliphatic carbocycles. The number of allylic oxidation sites excluding steroid dienone is 1. The third-order valence-electron chi connectivity index (χ3n) is 2.01. The Morgan fingerprint density at radius 2 is 2.18 bits per heavy atom. The van der Waals surface area contributed by atoms with Crippen LogP contribution in [0.25, 0.3) is 6.08 Å². The van der Waals surface area contributed by atoms with E-state index >= 15 is 0 Å². The first-order valence-corrected chi connectivity index (χ1v) is 6.46. The molecule has 1 aromatic rings. The maximum Gasteiger partial charge on any atom is 0.185 e. The van der Waals surface area contributed by atoms with Crippen LogP contribution >= 0.6 is 0 Å². The summed E-state index contributed by atoms with van der Waals surface area (Å²) in [5.41, 5.74) is 0.408. The number of sulfone groups is 1. The maximum atomic E-state index is 11.2. The molecule has 0 saturated heterocycles. The summed E-state index contributed by atoms with van der Waals surface area (Å²) < 4.78 is 27.2. The van der Waals surface area contributed by atoms with E-state index in [2.05, 4.69) is 0 Å². The molecule has 5 nitrogen and oxygen atoms in total. The number of nitrogens with zero attached hydrogens (tertiary/aromatic N) is 1. The summed E-state index contributed by atoms with van der Waals surface area (Å²) in [6.07, 6.45) is 2.14. The molecule has 1 rings (SSSR count). The Hall–Kier alpha value is -2.00. The van der Waals surface area contributed by atoms with Crippen molar-refractivity contribution in [1.29, 1.82) is 5.26 Å². The van der Waals surface area contributed by atoms with Crippen LogP contribution in [-0.4, -0.2) is 26.9 Å². The number of hydrogen-bond donors (Lipinski definition) is 1. The monoisotopic (exact) mass is 253 g/mol. The highest BCUT2D eigenvalue weighted by Crippen LogP contribution is 2.27. The predicted molar refractivity (Wildman–Crippen MR) is 63.1 cm³/mol. The molecular weight excluding hydrogens is 242 g/mol. The zero-order valence-electron chi connectivity index (χ0n) is 9.34. The summed E-state index contributed by atoms with van der Waals surface area (Å²) in [5, 5.41) is 18.2. The largest absolute Gasteiger partial charge is 0.504 e. The maximum absolute atomic E-state index is 11.2. The molecule has 0 radical (unpaired) electrons. The topological polar surface area (TPSA) is 87.4 Å². The number of benzene rings is 1. The SMILES string of the molecule is COc1ccc(C=C(C#N)S(C)(=O)=O)cc1O. The standard InChI is InChI=1S/C11H11NO4S/c1-16-11-4-3-8(6-10(11)13)5-9(7-12)17(2,14)15/h3-6,13H,1-2H3. The quantitative estimate of drug-likeness (QED) is 0.820. The van der Waals surface area contributed by atoms with Crippen LogP contribution in [0.1, 0.15) is 5.56 Å². The molecule has 6 heteroatoms. The molecule has 0 bridgehead atoms. The van der Waals surface area contributed by atoms with Gasteiger partial charge in [0.15, 0.2) is 21.3 Å². The van der Waals surface area contributed by atoms with E-state index in [0.29, 0.717) is 5.56 Å². The first-order valence-electron chi connectivity index (χ1n) is 4.57. The second-order valence-corrected chi connectivity index (χ2v) is 5.31. The second kappa shape index (κ2) is 4.89. The van der Waals surface area contributed by atoms with E-state index in [9.17, 15) is 13.5 Å². The van der Waals surface area contributed by atoms with E-state index in [-0.39, 0.29) is 16.4 Å². The summed E-state index contributed by atoms with van der Waals surface area (Å²) in [7, 11) is -2.15. The third kappa shape index (κ3) is 3.23. The molecule has 0 spiro atoms. The van der Waals surface area contributed by atoms with Crippen molar-refractivity contribution in [3.63, 3.8) is 0 Å². The summed E-state index contributed by atoms with van der Waals surface area (Å²) in [4.78, 5) is -0.359. The molecule has 90 valence electrons. The highest BCUT2D eigenvalue weighted by atomic mass is 32.2. The van der Waals surface area contributed by atoms with Gasteiger partial charge >= 0.3 is 0 Å². The van der Waals surface area contributed by atoms with Gasteiger partial charge < -0.3 is 9.84 Å². The van der Waals surface area contributed by atoms with Crippen LogP contribution in [0.15, 0.2) is 23.1 Å². The molecule has 0 fully saturated rings. The number of phenols is 1. The van der Waals surface area contributed by atoms with Gasteiger partial charge in [0, 0.05) is 6.26 Å². The van der Waals surface area contributed by atoms with Gasteiger partial charge in [-0.2, -0.15) is 5.26 Å². The van der Waals surface area contributed by atoms with E-state index in [0.717, 1.165) is 6.26 Å². The van der Waals surface area contributed by atoms with Crippen molar-refractivity contribution in [3.05, 3.63) is 28.7 Å². The zero-order valence-corrected chi connectivity index (χ0v) is 10.2. The van der Waals surface area contributed by atoms with Crippen molar-refractivity contribution in [2.75, 3.05) is 13.4 Å². The molecule has 0 amide bonds. The van der Waals surface area contributed by atoms with Crippen molar-refractivity contribution in [3.8, 4) is 17.6 Å². The Balaban J connectivity index is 3.24. The Morgan fingerprint density at radius 1 is 1.53 bits per heavy atom. The third-order valence-corrected chi connectivity index (χ3v) is 3.02. The van der Waals surface area contributed by atoms with Crippen LogP contribution in [0.2, 0.25) is 0 Å². The Morgan fingerprint density at radius 3 is 2.59 bits per heavy atom. The fourth-order valence-electron chi connectivity index (χ4n) is 1.17. The smallest absolute Gasteiger partial charge is 0.185 e. The van der Waals surface area contributed by atoms with Crippen molar-refractivity contribution in [1.82, 2.24) is 0 Å². The molecule has 17 heavy (non-hydrogen) atoms. The van der Waals surface area contributed by atoms with Gasteiger partial charge in [0.2, 0.25) is 0 Å². The van der Waals surface area contributed by atoms with Gasteiger partial charge in [-0.05, 0) is 23.8 Å². The number of rotatable bonds is 3. The number of hydrogen-bond acceptors (Lipinski definition) is 5. The van der Waals surface area contributed by atoms with E-state index in [1.807, 2.05) is 0 Å². The normalized spacial score (nSPS) is 11.9. The minimum Gasteiger partial charge on any atom is -0.504 e. The fourth-order valence-corrected chi connectivity index (χ4v) is 1.69. The number of ether oxygens (including phenoxy) is 1. The van der Waals surface area contributed by atoms with Crippen LogP contribution in [0.4, 0.5) is 0 Å². The fraction of sp³-hybridized carbons (Fsp3) is 0.182. The highest BCUT2D eigenvalue weighted by Gasteiger charge is 2.11. The minimum atomic E-state index is -3.55. The minimum absolute atomic E-state index is 0.118. The van der Waals surface area contributed by atoms with Crippen LogP contribution in [0.5, 0.6) is 11.5 Å². The first kappa shape index (κ1) is 13.1. The Bertz CT molecular complexity index is 596. The van der Waals surface area contributed by atoms with Crippen molar-refractivity contribution >= 4 is 15.9 Å². The van der Waals surface area contributed by atoms with Crippen LogP contribution in [-0.2, 0) is 9.84 Å². The van der Waals surface area contributed by atoms with E-state index in [1.54, 1.807) is 12.1 Å². The number of phenolic OH excluding ortho intramolecular Hbond substituents is 1. The molecule has 1 aromatic carbocycles. The van der Waals surface area contributed by atoms with Crippen molar-refractivity contribution in [2.24, 2.45) is 0 Å². The van der Waals surface area contributed by atoms with Gasteiger partial charge in [-0.1, -0.05) is 6.07 Å². The van der Waals surface area contributed by atoms with Gasteiger partial charge in [0.1, 0.15) is 11.0 Å². The van der Waals surface area contributed by atoms with Crippen molar-refractivity contribution < 1.29 is 18.3 Å². The molecule has 0 aliphatic heterocycles. The lowest BCUT2D eigenvalue weighted by Gasteiger charge is -2.03. The Labute approximate surface area is 99.5 Å². The number of nitriles is 1. The molecule has 0 aromatic heterocycles. The van der Waals surface area contributed by atoms with Crippen LogP contribution in [0, 0.1) is 11.3 Å². The number of aromatic hydroxyl groups is 1. The molecule has 1 N–H and O–H groups in total. The lowest BCUT2D eigenvalue weighted by Crippen LogP contribution is -1.98. The van der Waals surface area contributed by atoms with Crippen LogP contribution < -0.4 is 4.74 Å². The van der Waals surface area contributed by atoms with Gasteiger partial charge in [-0.25, -0.2) is 8.42 Å². The van der Waals surface area contributed by atoms with Crippen molar-refractivity contribution in [2.45, 2.75) is 0 Å². The van der Waals surface area contributed by atoms with Gasteiger partial charge in [0.05, 0.1) is 7.11 Å². The Kier molecular flexibility index (Phi) is 3.76. The van der Waals surface area contributed by atoms with Gasteiger partial charge in [-0.3, -0.25) is 0 Å². The van der Waals surface area contributed by atoms with Gasteiger partial charge in [0.25, 0.3) is 0 Å². The molecule has 0 atom stereocenters. The number of methoxy groups -OCH3 is 1. The summed E-state index contributed by atoms with van der Waals surface area (Å²) >= 11 is 0. The lowest BCUT2D eigenvalue weighted by molar-refractivity contribution is 0.373. The lowest BCUT2D eigenvalue weighted by atomic mass is 10.2. The average Bonchev–Trinajstić information content (AvgIpc) is 2.24. The molecule has 0 aliphatic rings. The predicted octanol–water partition coefficient (Wildman–Crippen LogP) is 1.31. The molecule has 0 unspecified atom stereocenters. The summed E-state index contributed by atoms with van der Waals surface area (Å²) in [6.45, 7) is 0.